The third-order valence-electron chi connectivity index (χ3n) is 3.55. The van der Waals surface area contributed by atoms with Gasteiger partial charge in [-0.15, -0.1) is 10.2 Å². The number of ether oxygens (including phenoxy) is 2. The Labute approximate surface area is 139 Å². The molecule has 2 aromatic rings. The summed E-state index contributed by atoms with van der Waals surface area (Å²) in [7, 11) is 0. The molecule has 0 bridgehead atoms. The summed E-state index contributed by atoms with van der Waals surface area (Å²) in [6.45, 7) is 6.78. The van der Waals surface area contributed by atoms with Gasteiger partial charge in [0.25, 0.3) is 5.91 Å². The van der Waals surface area contributed by atoms with Crippen LogP contribution in [0.4, 0.5) is 0 Å². The van der Waals surface area contributed by atoms with Crippen LogP contribution in [0.1, 0.15) is 42.0 Å². The lowest BCUT2D eigenvalue weighted by Gasteiger charge is -2.33. The maximum absolute atomic E-state index is 12.9. The molecule has 24 heavy (non-hydrogen) atoms. The fraction of sp³-hybridized carbons (Fsp3) is 0.500. The van der Waals surface area contributed by atoms with Gasteiger partial charge in [-0.25, -0.2) is 0 Å². The molecule has 1 fully saturated rings. The number of pyridine rings is 1. The molecule has 8 nitrogen and oxygen atoms in total. The van der Waals surface area contributed by atoms with Gasteiger partial charge in [-0.3, -0.25) is 9.78 Å². The quantitative estimate of drug-likeness (QED) is 0.842. The van der Waals surface area contributed by atoms with E-state index in [1.807, 2.05) is 13.8 Å². The van der Waals surface area contributed by atoms with E-state index >= 15 is 0 Å². The van der Waals surface area contributed by atoms with Crippen molar-refractivity contribution >= 4 is 5.91 Å². The predicted molar refractivity (Wildman–Crippen MR) is 83.6 cm³/mol. The van der Waals surface area contributed by atoms with E-state index in [0.29, 0.717) is 42.9 Å². The largest absolute Gasteiger partial charge is 0.489 e. The summed E-state index contributed by atoms with van der Waals surface area (Å²) in [5, 5.41) is 7.85. The zero-order chi connectivity index (χ0) is 17.1. The minimum absolute atomic E-state index is 0.00894. The zero-order valence-electron chi connectivity index (χ0n) is 13.9. The fourth-order valence-electron chi connectivity index (χ4n) is 2.54. The molecule has 8 heteroatoms. The number of hydrogen-bond acceptors (Lipinski definition) is 7. The van der Waals surface area contributed by atoms with Crippen molar-refractivity contribution in [3.63, 3.8) is 0 Å². The van der Waals surface area contributed by atoms with Crippen LogP contribution in [0, 0.1) is 6.92 Å². The Kier molecular flexibility index (Phi) is 4.75. The van der Waals surface area contributed by atoms with E-state index in [2.05, 4.69) is 15.2 Å². The Bertz CT molecular complexity index is 716. The van der Waals surface area contributed by atoms with E-state index in [-0.39, 0.29) is 12.0 Å². The number of hydrogen-bond donors (Lipinski definition) is 0. The van der Waals surface area contributed by atoms with Crippen LogP contribution in [0.3, 0.4) is 0 Å². The topological polar surface area (TPSA) is 90.6 Å². The van der Waals surface area contributed by atoms with Crippen LogP contribution in [0.15, 0.2) is 22.9 Å². The van der Waals surface area contributed by atoms with Crippen LogP contribution in [0.5, 0.6) is 5.75 Å². The Morgan fingerprint density at radius 1 is 1.38 bits per heavy atom. The van der Waals surface area contributed by atoms with Gasteiger partial charge in [0.15, 0.2) is 0 Å². The molecule has 1 amide bonds. The molecule has 0 N–H and O–H groups in total. The fourth-order valence-corrected chi connectivity index (χ4v) is 2.54. The van der Waals surface area contributed by atoms with Crippen LogP contribution >= 0.6 is 0 Å². The maximum Gasteiger partial charge on any atom is 0.256 e. The number of amides is 1. The molecule has 0 aromatic carbocycles. The number of carbonyl (C=O) groups excluding carboxylic acids is 1. The SMILES string of the molecule is Cc1nnc(C2COCCN2C(=O)c2cncc(OC(C)C)c2)o1. The van der Waals surface area contributed by atoms with Gasteiger partial charge in [0.1, 0.15) is 11.8 Å². The Balaban J connectivity index is 1.84. The van der Waals surface area contributed by atoms with Crippen LogP contribution < -0.4 is 4.74 Å². The van der Waals surface area contributed by atoms with Crippen molar-refractivity contribution in [1.82, 2.24) is 20.1 Å². The first kappa shape index (κ1) is 16.4. The second-order valence-corrected chi connectivity index (χ2v) is 5.82. The third-order valence-corrected chi connectivity index (χ3v) is 3.55. The first-order valence-electron chi connectivity index (χ1n) is 7.85. The first-order valence-corrected chi connectivity index (χ1v) is 7.85. The monoisotopic (exact) mass is 332 g/mol. The Morgan fingerprint density at radius 3 is 2.92 bits per heavy atom. The van der Waals surface area contributed by atoms with Crippen LogP contribution in [-0.4, -0.2) is 51.9 Å². The Hall–Kier alpha value is -2.48. The number of nitrogens with zero attached hydrogens (tertiary/aromatic N) is 4. The highest BCUT2D eigenvalue weighted by molar-refractivity contribution is 5.94. The average molecular weight is 332 g/mol. The van der Waals surface area contributed by atoms with E-state index < -0.39 is 6.04 Å². The van der Waals surface area contributed by atoms with E-state index in [0.717, 1.165) is 0 Å². The molecule has 0 saturated carbocycles. The van der Waals surface area contributed by atoms with Gasteiger partial charge in [-0.2, -0.15) is 0 Å². The molecule has 3 rings (SSSR count). The number of aromatic nitrogens is 3. The first-order chi connectivity index (χ1) is 11.5. The standard InChI is InChI=1S/C16H20N4O4/c1-10(2)23-13-6-12(7-17-8-13)16(21)20-4-5-22-9-14(20)15-19-18-11(3)24-15/h6-8,10,14H,4-5,9H2,1-3H3. The predicted octanol–water partition coefficient (Wildman–Crippen LogP) is 1.77. The molecule has 1 aliphatic rings. The summed E-state index contributed by atoms with van der Waals surface area (Å²) in [4.78, 5) is 18.7. The van der Waals surface area contributed by atoms with Gasteiger partial charge in [-0.1, -0.05) is 0 Å². The molecule has 1 saturated heterocycles. The second-order valence-electron chi connectivity index (χ2n) is 5.82. The average Bonchev–Trinajstić information content (AvgIpc) is 3.00. The number of rotatable bonds is 4. The van der Waals surface area contributed by atoms with Gasteiger partial charge in [-0.05, 0) is 19.9 Å². The number of morpholine rings is 1. The van der Waals surface area contributed by atoms with E-state index in [1.165, 1.54) is 6.20 Å². The van der Waals surface area contributed by atoms with Crippen LogP contribution in [-0.2, 0) is 4.74 Å². The summed E-state index contributed by atoms with van der Waals surface area (Å²) in [6.07, 6.45) is 3.13. The molecule has 0 radical (unpaired) electrons. The van der Waals surface area contributed by atoms with Gasteiger partial charge in [0.05, 0.1) is 31.1 Å². The van der Waals surface area contributed by atoms with Crippen molar-refractivity contribution in [1.29, 1.82) is 0 Å². The Morgan fingerprint density at radius 2 is 2.21 bits per heavy atom. The van der Waals surface area contributed by atoms with Gasteiger partial charge >= 0.3 is 0 Å². The van der Waals surface area contributed by atoms with Crippen LogP contribution in [0.2, 0.25) is 0 Å². The second kappa shape index (κ2) is 6.96. The minimum Gasteiger partial charge on any atom is -0.489 e. The van der Waals surface area contributed by atoms with Crippen molar-refractivity contribution in [2.24, 2.45) is 0 Å². The highest BCUT2D eigenvalue weighted by atomic mass is 16.5. The van der Waals surface area contributed by atoms with Gasteiger partial charge < -0.3 is 18.8 Å². The third kappa shape index (κ3) is 3.53. The molecule has 3 heterocycles. The van der Waals surface area contributed by atoms with Crippen molar-refractivity contribution < 1.29 is 18.7 Å². The molecule has 128 valence electrons. The molecule has 1 unspecified atom stereocenters. The molecule has 0 aliphatic carbocycles. The molecule has 1 atom stereocenters. The highest BCUT2D eigenvalue weighted by Gasteiger charge is 2.33. The molecule has 1 aliphatic heterocycles. The summed E-state index contributed by atoms with van der Waals surface area (Å²) in [6, 6.07) is 1.29. The lowest BCUT2D eigenvalue weighted by atomic mass is 10.1. The number of aryl methyl sites for hydroxylation is 1. The van der Waals surface area contributed by atoms with Crippen molar-refractivity contribution in [2.75, 3.05) is 19.8 Å². The maximum atomic E-state index is 12.9. The van der Waals surface area contributed by atoms with Crippen LogP contribution in [0.25, 0.3) is 0 Å². The zero-order valence-corrected chi connectivity index (χ0v) is 13.9. The van der Waals surface area contributed by atoms with Crippen molar-refractivity contribution in [3.8, 4) is 5.75 Å². The van der Waals surface area contributed by atoms with Gasteiger partial charge in [0, 0.05) is 19.7 Å². The van der Waals surface area contributed by atoms with Crippen molar-refractivity contribution in [2.45, 2.75) is 32.9 Å². The van der Waals surface area contributed by atoms with Gasteiger partial charge in [0.2, 0.25) is 11.8 Å². The summed E-state index contributed by atoms with van der Waals surface area (Å²) in [5.41, 5.74) is 0.455. The van der Waals surface area contributed by atoms with Crippen molar-refractivity contribution in [3.05, 3.63) is 35.8 Å². The lowest BCUT2D eigenvalue weighted by Crippen LogP contribution is -2.43. The lowest BCUT2D eigenvalue weighted by molar-refractivity contribution is -0.0106. The van der Waals surface area contributed by atoms with E-state index in [1.54, 1.807) is 24.1 Å². The summed E-state index contributed by atoms with van der Waals surface area (Å²) < 4.78 is 16.6. The smallest absolute Gasteiger partial charge is 0.256 e. The highest BCUT2D eigenvalue weighted by Crippen LogP contribution is 2.26. The normalized spacial score (nSPS) is 18.0. The number of carbonyl (C=O) groups is 1. The van der Waals surface area contributed by atoms with E-state index in [9.17, 15) is 4.79 Å². The summed E-state index contributed by atoms with van der Waals surface area (Å²) in [5.74, 6) is 1.23. The minimum atomic E-state index is -0.401. The summed E-state index contributed by atoms with van der Waals surface area (Å²) >= 11 is 0. The molecule has 2 aromatic heterocycles. The van der Waals surface area contributed by atoms with E-state index in [4.69, 9.17) is 13.9 Å². The molecular formula is C16H20N4O4. The molecular weight excluding hydrogens is 312 g/mol. The molecule has 0 spiro atoms.